The van der Waals surface area contributed by atoms with Crippen molar-refractivity contribution >= 4 is 44.3 Å². The van der Waals surface area contributed by atoms with Gasteiger partial charge in [0, 0.05) is 31.6 Å². The number of hydrogen-bond donors (Lipinski definition) is 1. The predicted octanol–water partition coefficient (Wildman–Crippen LogP) is 4.93. The van der Waals surface area contributed by atoms with Gasteiger partial charge in [-0.15, -0.1) is 0 Å². The van der Waals surface area contributed by atoms with E-state index in [-0.39, 0.29) is 5.91 Å². The second kappa shape index (κ2) is 8.77. The molecule has 2 rings (SSSR count). The fourth-order valence-corrected chi connectivity index (χ4v) is 3.41. The summed E-state index contributed by atoms with van der Waals surface area (Å²) in [5.41, 5.74) is 2.17. The molecule has 132 valence electrons. The molecule has 0 aliphatic rings. The number of unbranched alkanes of at least 4 members (excludes halogenated alkanes) is 1. The van der Waals surface area contributed by atoms with Crippen molar-refractivity contribution in [1.82, 2.24) is 9.88 Å². The summed E-state index contributed by atoms with van der Waals surface area (Å²) in [6, 6.07) is 2.05. The third kappa shape index (κ3) is 4.25. The molecule has 0 spiro atoms. The number of rotatable bonds is 8. The second-order valence-corrected chi connectivity index (χ2v) is 6.95. The maximum atomic E-state index is 11.1. The fourth-order valence-electron chi connectivity index (χ4n) is 2.69. The summed E-state index contributed by atoms with van der Waals surface area (Å²) in [4.78, 5) is 11.1. The lowest BCUT2D eigenvalue weighted by Crippen LogP contribution is -2.22. The molecule has 1 amide bonds. The molecule has 0 bridgehead atoms. The predicted molar refractivity (Wildman–Crippen MR) is 103 cm³/mol. The van der Waals surface area contributed by atoms with E-state index in [1.807, 2.05) is 0 Å². The van der Waals surface area contributed by atoms with Crippen molar-refractivity contribution in [2.24, 2.45) is 0 Å². The second-order valence-electron chi connectivity index (χ2n) is 5.77. The van der Waals surface area contributed by atoms with Crippen LogP contribution in [0, 0.1) is 0 Å². The maximum Gasteiger partial charge on any atom is 0.216 e. The molecule has 2 aromatic rings. The van der Waals surface area contributed by atoms with Gasteiger partial charge in [0.1, 0.15) is 5.75 Å². The summed E-state index contributed by atoms with van der Waals surface area (Å²) in [6.45, 7) is 7.87. The van der Waals surface area contributed by atoms with E-state index in [9.17, 15) is 4.79 Å². The summed E-state index contributed by atoms with van der Waals surface area (Å²) in [5.74, 6) is 0.758. The van der Waals surface area contributed by atoms with Crippen LogP contribution < -0.4 is 10.1 Å². The molecule has 1 N–H and O–H groups in total. The van der Waals surface area contributed by atoms with Crippen molar-refractivity contribution in [3.05, 3.63) is 27.3 Å². The SMILES string of the molecule is CCCCOc1cc2c(CCNC(C)=O)cn(CC)c2c(Cl)c1Br. The Kier molecular flexibility index (Phi) is 6.99. The zero-order valence-electron chi connectivity index (χ0n) is 14.4. The Balaban J connectivity index is 2.41. The van der Waals surface area contributed by atoms with E-state index in [0.29, 0.717) is 18.2 Å². The highest BCUT2D eigenvalue weighted by Crippen LogP contribution is 2.41. The number of benzene rings is 1. The molecule has 1 heterocycles. The molecule has 1 aromatic heterocycles. The van der Waals surface area contributed by atoms with E-state index in [2.05, 4.69) is 51.9 Å². The number of ether oxygens (including phenoxy) is 1. The number of amides is 1. The number of hydrogen-bond acceptors (Lipinski definition) is 2. The van der Waals surface area contributed by atoms with Gasteiger partial charge in [-0.1, -0.05) is 24.9 Å². The minimum absolute atomic E-state index is 0.0152. The lowest BCUT2D eigenvalue weighted by atomic mass is 10.1. The largest absolute Gasteiger partial charge is 0.492 e. The molecule has 24 heavy (non-hydrogen) atoms. The van der Waals surface area contributed by atoms with Crippen LogP contribution in [0.3, 0.4) is 0 Å². The number of fused-ring (bicyclic) bond motifs is 1. The molecule has 0 saturated carbocycles. The van der Waals surface area contributed by atoms with Crippen LogP contribution in [0.4, 0.5) is 0 Å². The van der Waals surface area contributed by atoms with Crippen LogP contribution in [0.15, 0.2) is 16.7 Å². The van der Waals surface area contributed by atoms with Gasteiger partial charge in [-0.3, -0.25) is 4.79 Å². The Hall–Kier alpha value is -1.20. The molecule has 0 aliphatic carbocycles. The minimum atomic E-state index is -0.0152. The van der Waals surface area contributed by atoms with Gasteiger partial charge in [-0.05, 0) is 47.3 Å². The summed E-state index contributed by atoms with van der Waals surface area (Å²) < 4.78 is 8.84. The third-order valence-electron chi connectivity index (χ3n) is 3.96. The zero-order valence-corrected chi connectivity index (χ0v) is 16.8. The number of nitrogens with zero attached hydrogens (tertiary/aromatic N) is 1. The highest BCUT2D eigenvalue weighted by molar-refractivity contribution is 9.10. The van der Waals surface area contributed by atoms with Crippen LogP contribution in [0.5, 0.6) is 5.75 Å². The van der Waals surface area contributed by atoms with Crippen molar-refractivity contribution in [3.8, 4) is 5.75 Å². The topological polar surface area (TPSA) is 43.3 Å². The Morgan fingerprint density at radius 2 is 2.17 bits per heavy atom. The van der Waals surface area contributed by atoms with Crippen LogP contribution in [0.1, 0.15) is 39.2 Å². The molecular formula is C18H24BrClN2O2. The summed E-state index contributed by atoms with van der Waals surface area (Å²) >= 11 is 10.2. The van der Waals surface area contributed by atoms with Crippen molar-refractivity contribution in [1.29, 1.82) is 0 Å². The molecule has 4 nitrogen and oxygen atoms in total. The van der Waals surface area contributed by atoms with Crippen molar-refractivity contribution in [2.45, 2.75) is 46.6 Å². The van der Waals surface area contributed by atoms with E-state index in [1.165, 1.54) is 6.92 Å². The van der Waals surface area contributed by atoms with Gasteiger partial charge >= 0.3 is 0 Å². The van der Waals surface area contributed by atoms with E-state index >= 15 is 0 Å². The first kappa shape index (κ1) is 19.1. The number of aryl methyl sites for hydroxylation is 1. The minimum Gasteiger partial charge on any atom is -0.492 e. The van der Waals surface area contributed by atoms with Gasteiger partial charge in [-0.2, -0.15) is 0 Å². The van der Waals surface area contributed by atoms with Crippen molar-refractivity contribution in [3.63, 3.8) is 0 Å². The van der Waals surface area contributed by atoms with Crippen molar-refractivity contribution < 1.29 is 9.53 Å². The maximum absolute atomic E-state index is 11.1. The molecule has 0 unspecified atom stereocenters. The highest BCUT2D eigenvalue weighted by Gasteiger charge is 2.17. The lowest BCUT2D eigenvalue weighted by Gasteiger charge is -2.12. The molecule has 6 heteroatoms. The zero-order chi connectivity index (χ0) is 17.7. The molecule has 0 saturated heterocycles. The number of aromatic nitrogens is 1. The first-order chi connectivity index (χ1) is 11.5. The van der Waals surface area contributed by atoms with Gasteiger partial charge in [-0.25, -0.2) is 0 Å². The Morgan fingerprint density at radius 3 is 2.79 bits per heavy atom. The monoisotopic (exact) mass is 414 g/mol. The molecule has 0 radical (unpaired) electrons. The van der Waals surface area contributed by atoms with Crippen molar-refractivity contribution in [2.75, 3.05) is 13.2 Å². The molecule has 1 aromatic carbocycles. The van der Waals surface area contributed by atoms with Gasteiger partial charge in [0.25, 0.3) is 0 Å². The first-order valence-corrected chi connectivity index (χ1v) is 9.53. The normalized spacial score (nSPS) is 11.0. The molecule has 0 aliphatic heterocycles. The van der Waals surface area contributed by atoms with Gasteiger partial charge < -0.3 is 14.6 Å². The summed E-state index contributed by atoms with van der Waals surface area (Å²) in [5, 5.41) is 4.60. The van der Waals surface area contributed by atoms with Gasteiger partial charge in [0.15, 0.2) is 0 Å². The average molecular weight is 416 g/mol. The quantitative estimate of drug-likeness (QED) is 0.621. The lowest BCUT2D eigenvalue weighted by molar-refractivity contribution is -0.118. The van der Waals surface area contributed by atoms with Crippen LogP contribution >= 0.6 is 27.5 Å². The van der Waals surface area contributed by atoms with Gasteiger partial charge in [0.05, 0.1) is 21.6 Å². The van der Waals surface area contributed by atoms with Gasteiger partial charge in [0.2, 0.25) is 5.91 Å². The van der Waals surface area contributed by atoms with E-state index < -0.39 is 0 Å². The molecule has 0 fully saturated rings. The Labute approximate surface area is 156 Å². The summed E-state index contributed by atoms with van der Waals surface area (Å²) in [6.07, 6.45) is 4.96. The summed E-state index contributed by atoms with van der Waals surface area (Å²) in [7, 11) is 0. The smallest absolute Gasteiger partial charge is 0.216 e. The van der Waals surface area contributed by atoms with E-state index in [4.69, 9.17) is 16.3 Å². The van der Waals surface area contributed by atoms with E-state index in [0.717, 1.165) is 52.5 Å². The third-order valence-corrected chi connectivity index (χ3v) is 5.34. The number of halogens is 2. The molecule has 0 atom stereocenters. The Bertz CT molecular complexity index is 728. The first-order valence-electron chi connectivity index (χ1n) is 8.36. The number of carbonyl (C=O) groups excluding carboxylic acids is 1. The average Bonchev–Trinajstić information content (AvgIpc) is 2.90. The van der Waals surface area contributed by atoms with E-state index in [1.54, 1.807) is 0 Å². The van der Waals surface area contributed by atoms with Crippen LogP contribution in [0.2, 0.25) is 5.02 Å². The Morgan fingerprint density at radius 1 is 1.42 bits per heavy atom. The van der Waals surface area contributed by atoms with Crippen LogP contribution in [-0.4, -0.2) is 23.6 Å². The van der Waals surface area contributed by atoms with Crippen LogP contribution in [0.25, 0.3) is 10.9 Å². The highest BCUT2D eigenvalue weighted by atomic mass is 79.9. The van der Waals surface area contributed by atoms with Crippen LogP contribution in [-0.2, 0) is 17.8 Å². The number of nitrogens with one attached hydrogen (secondary N) is 1. The fraction of sp³-hybridized carbons (Fsp3) is 0.500. The molecular weight excluding hydrogens is 392 g/mol. The standard InChI is InChI=1S/C18H24BrClN2O2/c1-4-6-9-24-15-10-14-13(7-8-21-12(3)23)11-22(5-2)18(14)17(20)16(15)19/h10-11H,4-9H2,1-3H3,(H,21,23). The number of carbonyl (C=O) groups is 1.